The normalized spacial score (nSPS) is 18.0. The summed E-state index contributed by atoms with van der Waals surface area (Å²) in [6.07, 6.45) is 2.67. The molecule has 2 aromatic carbocycles. The van der Waals surface area contributed by atoms with E-state index in [4.69, 9.17) is 4.74 Å². The lowest BCUT2D eigenvalue weighted by Crippen LogP contribution is -2.30. The Labute approximate surface area is 194 Å². The van der Waals surface area contributed by atoms with Gasteiger partial charge in [0.25, 0.3) is 11.7 Å². The number of benzene rings is 2. The summed E-state index contributed by atoms with van der Waals surface area (Å²) in [7, 11) is 1.94. The first-order chi connectivity index (χ1) is 15.7. The van der Waals surface area contributed by atoms with Crippen LogP contribution in [0.25, 0.3) is 16.7 Å². The average molecular weight is 447 g/mol. The van der Waals surface area contributed by atoms with Gasteiger partial charge < -0.3 is 19.3 Å². The number of Topliss-reactive ketones (excluding diaryl/α,β-unsaturated/α-hetero) is 1. The number of para-hydroxylation sites is 1. The number of rotatable bonds is 6. The highest BCUT2D eigenvalue weighted by Gasteiger charge is 2.46. The molecule has 1 aliphatic heterocycles. The van der Waals surface area contributed by atoms with Gasteiger partial charge in [-0.25, -0.2) is 0 Å². The van der Waals surface area contributed by atoms with Crippen LogP contribution >= 0.6 is 0 Å². The molecular formula is C27H30N2O4. The monoisotopic (exact) mass is 446 g/mol. The predicted molar refractivity (Wildman–Crippen MR) is 129 cm³/mol. The van der Waals surface area contributed by atoms with E-state index < -0.39 is 17.7 Å². The van der Waals surface area contributed by atoms with Gasteiger partial charge in [0.05, 0.1) is 17.7 Å². The molecule has 1 atom stereocenters. The maximum absolute atomic E-state index is 13.2. The number of aliphatic hydroxyl groups excluding tert-OH is 1. The van der Waals surface area contributed by atoms with Crippen molar-refractivity contribution in [2.24, 2.45) is 7.05 Å². The van der Waals surface area contributed by atoms with Crippen molar-refractivity contribution in [1.29, 1.82) is 0 Å². The Kier molecular flexibility index (Phi) is 6.02. The standard InChI is InChI=1S/C27H30N2O4/c1-6-13-29-24(20-15-28(5)21-10-8-7-9-19(20)21)23(26(31)27(29)32)25(30)18-11-12-22(17(4)14-18)33-16(2)3/h7-12,14-16,24,30H,6,13H2,1-5H3/b25-23+. The second-order valence-corrected chi connectivity index (χ2v) is 8.85. The second kappa shape index (κ2) is 8.77. The summed E-state index contributed by atoms with van der Waals surface area (Å²) < 4.78 is 7.79. The number of carbonyl (C=O) groups excluding carboxylic acids is 2. The number of aliphatic hydroxyl groups is 1. The van der Waals surface area contributed by atoms with Crippen molar-refractivity contribution >= 4 is 28.4 Å². The number of ether oxygens (including phenoxy) is 1. The lowest BCUT2D eigenvalue weighted by Gasteiger charge is -2.24. The van der Waals surface area contributed by atoms with Crippen LogP contribution in [0.5, 0.6) is 5.75 Å². The summed E-state index contributed by atoms with van der Waals surface area (Å²) in [4.78, 5) is 27.8. The molecule has 1 N–H and O–H groups in total. The molecule has 1 saturated heterocycles. The Hall–Kier alpha value is -3.54. The Morgan fingerprint density at radius 3 is 2.55 bits per heavy atom. The van der Waals surface area contributed by atoms with Gasteiger partial charge in [-0.2, -0.15) is 0 Å². The van der Waals surface area contributed by atoms with Gasteiger partial charge >= 0.3 is 0 Å². The fourth-order valence-corrected chi connectivity index (χ4v) is 4.60. The third-order valence-corrected chi connectivity index (χ3v) is 6.04. The Morgan fingerprint density at radius 1 is 1.15 bits per heavy atom. The molecular weight excluding hydrogens is 416 g/mol. The molecule has 4 rings (SSSR count). The highest BCUT2D eigenvalue weighted by Crippen LogP contribution is 2.42. The minimum Gasteiger partial charge on any atom is -0.507 e. The minimum atomic E-state index is -0.654. The third kappa shape index (κ3) is 3.90. The van der Waals surface area contributed by atoms with Crippen molar-refractivity contribution in [3.63, 3.8) is 0 Å². The lowest BCUT2D eigenvalue weighted by atomic mass is 9.94. The van der Waals surface area contributed by atoms with Gasteiger partial charge in [-0.05, 0) is 57.0 Å². The van der Waals surface area contributed by atoms with E-state index >= 15 is 0 Å². The molecule has 0 saturated carbocycles. The topological polar surface area (TPSA) is 71.8 Å². The third-order valence-electron chi connectivity index (χ3n) is 6.04. The first-order valence-corrected chi connectivity index (χ1v) is 11.3. The molecule has 1 aliphatic rings. The van der Waals surface area contributed by atoms with Gasteiger partial charge in [0.2, 0.25) is 0 Å². The Bertz CT molecular complexity index is 1270. The molecule has 6 nitrogen and oxygen atoms in total. The van der Waals surface area contributed by atoms with Gasteiger partial charge in [0, 0.05) is 41.8 Å². The van der Waals surface area contributed by atoms with Crippen molar-refractivity contribution in [3.8, 4) is 5.75 Å². The summed E-state index contributed by atoms with van der Waals surface area (Å²) in [5.74, 6) is -0.672. The van der Waals surface area contributed by atoms with Crippen molar-refractivity contribution in [1.82, 2.24) is 9.47 Å². The van der Waals surface area contributed by atoms with E-state index in [1.807, 2.05) is 69.8 Å². The number of amides is 1. The highest BCUT2D eigenvalue weighted by atomic mass is 16.5. The van der Waals surface area contributed by atoms with Crippen LogP contribution in [0, 0.1) is 6.92 Å². The van der Waals surface area contributed by atoms with E-state index in [-0.39, 0.29) is 17.4 Å². The Morgan fingerprint density at radius 2 is 1.88 bits per heavy atom. The van der Waals surface area contributed by atoms with Gasteiger partial charge in [0.1, 0.15) is 11.5 Å². The number of ketones is 1. The summed E-state index contributed by atoms with van der Waals surface area (Å²) in [5.41, 5.74) is 3.29. The first kappa shape index (κ1) is 22.6. The molecule has 1 fully saturated rings. The highest BCUT2D eigenvalue weighted by molar-refractivity contribution is 6.46. The van der Waals surface area contributed by atoms with Crippen molar-refractivity contribution in [2.45, 2.75) is 46.3 Å². The number of fused-ring (bicyclic) bond motifs is 1. The van der Waals surface area contributed by atoms with Gasteiger partial charge in [-0.3, -0.25) is 9.59 Å². The molecule has 0 aliphatic carbocycles. The molecule has 1 unspecified atom stereocenters. The number of nitrogens with zero attached hydrogens (tertiary/aromatic N) is 2. The molecule has 172 valence electrons. The van der Waals surface area contributed by atoms with Crippen LogP contribution in [-0.2, 0) is 16.6 Å². The molecule has 0 radical (unpaired) electrons. The van der Waals surface area contributed by atoms with Crippen LogP contribution in [0.1, 0.15) is 49.9 Å². The number of likely N-dealkylation sites (tertiary alicyclic amines) is 1. The van der Waals surface area contributed by atoms with Crippen molar-refractivity contribution in [2.75, 3.05) is 6.54 Å². The van der Waals surface area contributed by atoms with Crippen LogP contribution < -0.4 is 4.74 Å². The Balaban J connectivity index is 1.91. The predicted octanol–water partition coefficient (Wildman–Crippen LogP) is 5.11. The SMILES string of the molecule is CCCN1C(=O)C(=O)/C(=C(/O)c2ccc(OC(C)C)c(C)c2)C1c1cn(C)c2ccccc12. The zero-order valence-corrected chi connectivity index (χ0v) is 19.8. The van der Waals surface area contributed by atoms with Crippen LogP contribution in [0.4, 0.5) is 0 Å². The fraction of sp³-hybridized carbons (Fsp3) is 0.333. The largest absolute Gasteiger partial charge is 0.507 e. The molecule has 1 amide bonds. The fourth-order valence-electron chi connectivity index (χ4n) is 4.60. The number of aromatic nitrogens is 1. The van der Waals surface area contributed by atoms with Crippen LogP contribution in [0.2, 0.25) is 0 Å². The van der Waals surface area contributed by atoms with E-state index in [1.54, 1.807) is 23.1 Å². The van der Waals surface area contributed by atoms with Crippen LogP contribution in [-0.4, -0.2) is 38.9 Å². The van der Waals surface area contributed by atoms with Gasteiger partial charge in [0.15, 0.2) is 0 Å². The second-order valence-electron chi connectivity index (χ2n) is 8.85. The smallest absolute Gasteiger partial charge is 0.295 e. The number of aryl methyl sites for hydroxylation is 2. The molecule has 33 heavy (non-hydrogen) atoms. The summed E-state index contributed by atoms with van der Waals surface area (Å²) in [5, 5.41) is 12.3. The van der Waals surface area contributed by atoms with E-state index in [1.165, 1.54) is 0 Å². The van der Waals surface area contributed by atoms with Gasteiger partial charge in [-0.15, -0.1) is 0 Å². The lowest BCUT2D eigenvalue weighted by molar-refractivity contribution is -0.139. The maximum atomic E-state index is 13.2. The van der Waals surface area contributed by atoms with E-state index in [9.17, 15) is 14.7 Å². The molecule has 1 aromatic heterocycles. The minimum absolute atomic E-state index is 0.0221. The quantitative estimate of drug-likeness (QED) is 0.325. The molecule has 6 heteroatoms. The maximum Gasteiger partial charge on any atom is 0.295 e. The van der Waals surface area contributed by atoms with Gasteiger partial charge in [-0.1, -0.05) is 25.1 Å². The molecule has 2 heterocycles. The van der Waals surface area contributed by atoms with E-state index in [0.29, 0.717) is 18.5 Å². The molecule has 0 bridgehead atoms. The van der Waals surface area contributed by atoms with Crippen molar-refractivity contribution < 1.29 is 19.4 Å². The number of hydrogen-bond acceptors (Lipinski definition) is 4. The van der Waals surface area contributed by atoms with Crippen molar-refractivity contribution in [3.05, 3.63) is 70.9 Å². The zero-order chi connectivity index (χ0) is 23.9. The first-order valence-electron chi connectivity index (χ1n) is 11.3. The summed E-state index contributed by atoms with van der Waals surface area (Å²) in [6, 6.07) is 12.5. The van der Waals surface area contributed by atoms with Crippen LogP contribution in [0.15, 0.2) is 54.2 Å². The number of hydrogen-bond donors (Lipinski definition) is 1. The van der Waals surface area contributed by atoms with E-state index in [2.05, 4.69) is 0 Å². The summed E-state index contributed by atoms with van der Waals surface area (Å²) >= 11 is 0. The molecule has 3 aromatic rings. The summed E-state index contributed by atoms with van der Waals surface area (Å²) in [6.45, 7) is 8.19. The van der Waals surface area contributed by atoms with E-state index in [0.717, 1.165) is 27.8 Å². The molecule has 0 spiro atoms. The number of carbonyl (C=O) groups is 2. The van der Waals surface area contributed by atoms with Crippen LogP contribution in [0.3, 0.4) is 0 Å². The zero-order valence-electron chi connectivity index (χ0n) is 19.8. The average Bonchev–Trinajstić information content (AvgIpc) is 3.24.